The summed E-state index contributed by atoms with van der Waals surface area (Å²) in [5.41, 5.74) is 1.70. The van der Waals surface area contributed by atoms with Gasteiger partial charge in [0, 0.05) is 37.6 Å². The highest BCUT2D eigenvalue weighted by Crippen LogP contribution is 2.42. The van der Waals surface area contributed by atoms with Gasteiger partial charge in [0.15, 0.2) is 0 Å². The molecule has 0 radical (unpaired) electrons. The van der Waals surface area contributed by atoms with Gasteiger partial charge in [-0.3, -0.25) is 4.79 Å². The van der Waals surface area contributed by atoms with Crippen LogP contribution in [0.25, 0.3) is 11.3 Å². The van der Waals surface area contributed by atoms with Crippen LogP contribution >= 0.6 is 0 Å². The van der Waals surface area contributed by atoms with Gasteiger partial charge in [-0.15, -0.1) is 0 Å². The minimum atomic E-state index is -4.31. The Hall–Kier alpha value is -2.31. The Morgan fingerprint density at radius 2 is 1.93 bits per heavy atom. The Kier molecular flexibility index (Phi) is 6.42. The predicted molar refractivity (Wildman–Crippen MR) is 99.4 cm³/mol. The molecule has 0 saturated heterocycles. The molecule has 0 aliphatic heterocycles. The first-order valence-corrected chi connectivity index (χ1v) is 9.69. The average Bonchev–Trinajstić information content (AvgIpc) is 3.16. The van der Waals surface area contributed by atoms with E-state index in [2.05, 4.69) is 5.16 Å². The summed E-state index contributed by atoms with van der Waals surface area (Å²) in [6, 6.07) is 11.5. The van der Waals surface area contributed by atoms with Crippen molar-refractivity contribution in [2.45, 2.75) is 44.7 Å². The van der Waals surface area contributed by atoms with E-state index in [9.17, 15) is 18.0 Å². The molecule has 28 heavy (non-hydrogen) atoms. The first kappa shape index (κ1) is 20.4. The molecule has 1 amide bonds. The van der Waals surface area contributed by atoms with E-state index in [1.54, 1.807) is 7.05 Å². The molecule has 0 bridgehead atoms. The lowest BCUT2D eigenvalue weighted by molar-refractivity contribution is -0.200. The zero-order chi connectivity index (χ0) is 20.1. The van der Waals surface area contributed by atoms with E-state index in [-0.39, 0.29) is 6.42 Å². The van der Waals surface area contributed by atoms with Gasteiger partial charge in [0.05, 0.1) is 5.92 Å². The van der Waals surface area contributed by atoms with Crippen molar-refractivity contribution in [1.82, 2.24) is 10.1 Å². The fourth-order valence-electron chi connectivity index (χ4n) is 3.88. The monoisotopic (exact) mass is 394 g/mol. The quantitative estimate of drug-likeness (QED) is 0.685. The lowest BCUT2D eigenvalue weighted by atomic mass is 9.78. The molecule has 1 aliphatic carbocycles. The molecule has 1 aromatic carbocycles. The fourth-order valence-corrected chi connectivity index (χ4v) is 3.88. The van der Waals surface area contributed by atoms with Crippen molar-refractivity contribution in [3.63, 3.8) is 0 Å². The summed E-state index contributed by atoms with van der Waals surface area (Å²) in [6.07, 6.45) is -1.55. The summed E-state index contributed by atoms with van der Waals surface area (Å²) in [6.45, 7) is 0.390. The first-order chi connectivity index (χ1) is 13.4. The van der Waals surface area contributed by atoms with E-state index in [0.29, 0.717) is 44.4 Å². The zero-order valence-corrected chi connectivity index (χ0v) is 15.9. The third-order valence-corrected chi connectivity index (χ3v) is 5.43. The van der Waals surface area contributed by atoms with Crippen LogP contribution in [0.1, 0.15) is 37.9 Å². The first-order valence-electron chi connectivity index (χ1n) is 9.69. The van der Waals surface area contributed by atoms with Gasteiger partial charge >= 0.3 is 6.18 Å². The average molecular weight is 394 g/mol. The maximum Gasteiger partial charge on any atom is 0.392 e. The van der Waals surface area contributed by atoms with Gasteiger partial charge in [0.1, 0.15) is 11.5 Å². The van der Waals surface area contributed by atoms with Crippen molar-refractivity contribution in [2.24, 2.45) is 11.8 Å². The number of carbonyl (C=O) groups excluding carboxylic acids is 1. The van der Waals surface area contributed by atoms with Crippen molar-refractivity contribution >= 4 is 5.91 Å². The van der Waals surface area contributed by atoms with Crippen LogP contribution < -0.4 is 0 Å². The minimum absolute atomic E-state index is 0.0497. The third-order valence-electron chi connectivity index (χ3n) is 5.43. The second kappa shape index (κ2) is 8.80. The number of hydrogen-bond donors (Lipinski definition) is 0. The number of halogens is 3. The Bertz CT molecular complexity index is 773. The lowest BCUT2D eigenvalue weighted by Gasteiger charge is -2.34. The molecule has 0 spiro atoms. The van der Waals surface area contributed by atoms with E-state index >= 15 is 0 Å². The molecule has 2 aromatic rings. The molecule has 3 rings (SSSR count). The van der Waals surface area contributed by atoms with Gasteiger partial charge in [0.25, 0.3) is 0 Å². The number of rotatable bonds is 6. The number of nitrogens with zero attached hydrogens (tertiary/aromatic N) is 2. The highest BCUT2D eigenvalue weighted by molar-refractivity contribution is 5.79. The highest BCUT2D eigenvalue weighted by atomic mass is 19.4. The van der Waals surface area contributed by atoms with E-state index in [0.717, 1.165) is 11.3 Å². The van der Waals surface area contributed by atoms with Gasteiger partial charge in [-0.1, -0.05) is 48.3 Å². The number of amides is 1. The predicted octanol–water partition coefficient (Wildman–Crippen LogP) is 5.10. The minimum Gasteiger partial charge on any atom is -0.361 e. The van der Waals surface area contributed by atoms with Gasteiger partial charge < -0.3 is 9.42 Å². The van der Waals surface area contributed by atoms with E-state index < -0.39 is 23.9 Å². The second-order valence-electron chi connectivity index (χ2n) is 7.45. The Morgan fingerprint density at radius 3 is 2.64 bits per heavy atom. The van der Waals surface area contributed by atoms with Crippen molar-refractivity contribution in [1.29, 1.82) is 0 Å². The number of hydrogen-bond acceptors (Lipinski definition) is 3. The molecular formula is C21H25F3N2O2. The molecule has 1 aromatic heterocycles. The molecular weight excluding hydrogens is 369 g/mol. The highest BCUT2D eigenvalue weighted by Gasteiger charge is 2.48. The van der Waals surface area contributed by atoms with Crippen LogP contribution in [-0.2, 0) is 11.2 Å². The van der Waals surface area contributed by atoms with E-state index in [1.807, 2.05) is 36.4 Å². The van der Waals surface area contributed by atoms with Gasteiger partial charge in [-0.05, 0) is 19.3 Å². The summed E-state index contributed by atoms with van der Waals surface area (Å²) in [5, 5.41) is 4.05. The zero-order valence-electron chi connectivity index (χ0n) is 15.9. The molecule has 1 fully saturated rings. The summed E-state index contributed by atoms with van der Waals surface area (Å²) in [5.74, 6) is -2.16. The van der Waals surface area contributed by atoms with Crippen molar-refractivity contribution in [3.05, 3.63) is 42.2 Å². The third kappa shape index (κ3) is 4.94. The summed E-state index contributed by atoms with van der Waals surface area (Å²) in [4.78, 5) is 14.0. The molecule has 0 N–H and O–H groups in total. The second-order valence-corrected chi connectivity index (χ2v) is 7.45. The molecule has 2 atom stereocenters. The smallest absolute Gasteiger partial charge is 0.361 e. The fraction of sp³-hybridized carbons (Fsp3) is 0.524. The largest absolute Gasteiger partial charge is 0.392 e. The molecule has 2 unspecified atom stereocenters. The van der Waals surface area contributed by atoms with E-state index in [4.69, 9.17) is 4.52 Å². The maximum absolute atomic E-state index is 13.2. The van der Waals surface area contributed by atoms with Crippen LogP contribution in [0.2, 0.25) is 0 Å². The van der Waals surface area contributed by atoms with Gasteiger partial charge in [-0.25, -0.2) is 0 Å². The van der Waals surface area contributed by atoms with Gasteiger partial charge in [0.2, 0.25) is 5.91 Å². The molecule has 1 heterocycles. The summed E-state index contributed by atoms with van der Waals surface area (Å²) in [7, 11) is 1.58. The number of benzene rings is 1. The van der Waals surface area contributed by atoms with Crippen LogP contribution in [0.5, 0.6) is 0 Å². The molecule has 7 heteroatoms. The van der Waals surface area contributed by atoms with Crippen molar-refractivity contribution in [2.75, 3.05) is 13.6 Å². The Balaban J connectivity index is 1.52. The van der Waals surface area contributed by atoms with Crippen molar-refractivity contribution < 1.29 is 22.5 Å². The van der Waals surface area contributed by atoms with Gasteiger partial charge in [-0.2, -0.15) is 13.2 Å². The molecule has 4 nitrogen and oxygen atoms in total. The molecule has 1 saturated carbocycles. The number of alkyl halides is 3. The number of carbonyl (C=O) groups is 1. The van der Waals surface area contributed by atoms with Crippen LogP contribution in [0.15, 0.2) is 40.9 Å². The topological polar surface area (TPSA) is 46.3 Å². The van der Waals surface area contributed by atoms with E-state index in [1.165, 1.54) is 4.90 Å². The number of aromatic nitrogens is 1. The summed E-state index contributed by atoms with van der Waals surface area (Å²) >= 11 is 0. The molecule has 1 aliphatic rings. The Morgan fingerprint density at radius 1 is 1.21 bits per heavy atom. The Labute approximate surface area is 162 Å². The SMILES string of the molecule is CN(CCCc1cc(-c2ccccc2)no1)C(=O)C1CCCCC1C(F)(F)F. The summed E-state index contributed by atoms with van der Waals surface area (Å²) < 4.78 is 45.1. The molecule has 152 valence electrons. The van der Waals surface area contributed by atoms with Crippen molar-refractivity contribution in [3.8, 4) is 11.3 Å². The lowest BCUT2D eigenvalue weighted by Crippen LogP contribution is -2.43. The normalized spacial score (nSPS) is 20.1. The van der Waals surface area contributed by atoms with Crippen LogP contribution in [-0.4, -0.2) is 35.7 Å². The van der Waals surface area contributed by atoms with Crippen LogP contribution in [0.3, 0.4) is 0 Å². The van der Waals surface area contributed by atoms with Crippen LogP contribution in [0, 0.1) is 11.8 Å². The number of aryl methyl sites for hydroxylation is 1. The maximum atomic E-state index is 13.2. The standard InChI is InChI=1S/C21H25F3N2O2/c1-26(20(27)17-11-5-6-12-18(17)21(22,23)24)13-7-10-16-14-19(25-28-16)15-8-3-2-4-9-15/h2-4,8-9,14,17-18H,5-7,10-13H2,1H3. The van der Waals surface area contributed by atoms with Crippen LogP contribution in [0.4, 0.5) is 13.2 Å².